The van der Waals surface area contributed by atoms with Crippen LogP contribution in [0.15, 0.2) is 32.9 Å². The highest BCUT2D eigenvalue weighted by Gasteiger charge is 2.34. The Morgan fingerprint density at radius 3 is 2.59 bits per heavy atom. The molecule has 7 heteroatoms. The van der Waals surface area contributed by atoms with E-state index in [0.717, 1.165) is 36.5 Å². The maximum Gasteiger partial charge on any atom is 0.270 e. The molecule has 0 saturated carbocycles. The van der Waals surface area contributed by atoms with E-state index in [1.54, 1.807) is 17.8 Å². The number of nitrogen functional groups attached to an aromatic ring is 1. The molecule has 2 N–H and O–H groups in total. The van der Waals surface area contributed by atoms with Gasteiger partial charge in [0.1, 0.15) is 10.7 Å². The zero-order chi connectivity index (χ0) is 21.2. The van der Waals surface area contributed by atoms with Gasteiger partial charge in [-0.1, -0.05) is 39.0 Å². The van der Waals surface area contributed by atoms with E-state index in [9.17, 15) is 4.79 Å². The van der Waals surface area contributed by atoms with Crippen molar-refractivity contribution in [2.24, 2.45) is 18.4 Å². The van der Waals surface area contributed by atoms with Gasteiger partial charge < -0.3 is 10.6 Å². The van der Waals surface area contributed by atoms with Crippen molar-refractivity contribution in [1.29, 1.82) is 0 Å². The van der Waals surface area contributed by atoms with Crippen LogP contribution in [-0.2, 0) is 7.05 Å². The predicted molar refractivity (Wildman–Crippen MR) is 121 cm³/mol. The Hall–Kier alpha value is -2.02. The molecule has 0 bridgehead atoms. The minimum absolute atomic E-state index is 0.102. The van der Waals surface area contributed by atoms with Gasteiger partial charge in [-0.3, -0.25) is 14.3 Å². The molecule has 3 rings (SSSR count). The molecule has 0 unspecified atom stereocenters. The highest BCUT2D eigenvalue weighted by atomic mass is 32.2. The topological polar surface area (TPSA) is 77.0 Å². The van der Waals surface area contributed by atoms with Crippen molar-refractivity contribution in [3.05, 3.63) is 34.4 Å². The van der Waals surface area contributed by atoms with Crippen molar-refractivity contribution in [2.45, 2.75) is 63.2 Å². The number of hydrogen-bond donors (Lipinski definition) is 1. The van der Waals surface area contributed by atoms with Crippen LogP contribution < -0.4 is 16.2 Å². The molecular weight excluding hydrogens is 382 g/mol. The molecule has 0 amide bonds. The number of nitrogens with zero attached hydrogens (tertiary/aromatic N) is 4. The zero-order valence-electron chi connectivity index (χ0n) is 18.2. The molecule has 158 valence electrons. The molecule has 1 saturated heterocycles. The van der Waals surface area contributed by atoms with E-state index >= 15 is 0 Å². The molecule has 6 nitrogen and oxygen atoms in total. The fraction of sp³-hybridized carbons (Fsp3) is 0.591. The van der Waals surface area contributed by atoms with Crippen molar-refractivity contribution in [3.63, 3.8) is 0 Å². The first-order valence-corrected chi connectivity index (χ1v) is 11.3. The lowest BCUT2D eigenvalue weighted by Gasteiger charge is -2.43. The van der Waals surface area contributed by atoms with Crippen molar-refractivity contribution in [2.75, 3.05) is 23.7 Å². The van der Waals surface area contributed by atoms with E-state index in [4.69, 9.17) is 5.73 Å². The quantitative estimate of drug-likeness (QED) is 0.760. The molecule has 0 aliphatic carbocycles. The average molecular weight is 416 g/mol. The number of pyridine rings is 1. The normalized spacial score (nSPS) is 16.4. The number of anilines is 2. The van der Waals surface area contributed by atoms with Crippen molar-refractivity contribution < 1.29 is 0 Å². The maximum atomic E-state index is 13.1. The summed E-state index contributed by atoms with van der Waals surface area (Å²) in [4.78, 5) is 25.6. The smallest absolute Gasteiger partial charge is 0.270 e. The number of hydrogen-bond acceptors (Lipinski definition) is 6. The summed E-state index contributed by atoms with van der Waals surface area (Å²) in [6.45, 7) is 10.7. The fourth-order valence-corrected chi connectivity index (χ4v) is 5.34. The number of piperidine rings is 1. The lowest BCUT2D eigenvalue weighted by atomic mass is 9.71. The first kappa shape index (κ1) is 21.7. The third-order valence-corrected chi connectivity index (χ3v) is 7.36. The Bertz CT molecular complexity index is 916. The third-order valence-electron chi connectivity index (χ3n) is 6.12. The second-order valence-electron chi connectivity index (χ2n) is 8.62. The van der Waals surface area contributed by atoms with Gasteiger partial charge in [0.15, 0.2) is 0 Å². The zero-order valence-corrected chi connectivity index (χ0v) is 19.1. The monoisotopic (exact) mass is 415 g/mol. The molecule has 0 spiro atoms. The van der Waals surface area contributed by atoms with Crippen LogP contribution in [0.2, 0.25) is 0 Å². The van der Waals surface area contributed by atoms with E-state index in [2.05, 4.69) is 35.6 Å². The van der Waals surface area contributed by atoms with Gasteiger partial charge in [-0.2, -0.15) is 4.98 Å². The van der Waals surface area contributed by atoms with Crippen molar-refractivity contribution in [1.82, 2.24) is 14.5 Å². The van der Waals surface area contributed by atoms with E-state index in [1.807, 2.05) is 19.1 Å². The first-order chi connectivity index (χ1) is 13.8. The van der Waals surface area contributed by atoms with Crippen LogP contribution in [-0.4, -0.2) is 27.6 Å². The van der Waals surface area contributed by atoms with E-state index in [-0.39, 0.29) is 5.56 Å². The van der Waals surface area contributed by atoms with Crippen LogP contribution in [0.25, 0.3) is 0 Å². The van der Waals surface area contributed by atoms with Gasteiger partial charge in [0.25, 0.3) is 5.56 Å². The van der Waals surface area contributed by atoms with Crippen LogP contribution in [0.1, 0.15) is 52.1 Å². The summed E-state index contributed by atoms with van der Waals surface area (Å²) in [6.07, 6.45) is 6.46. The Morgan fingerprint density at radius 1 is 1.31 bits per heavy atom. The average Bonchev–Trinajstić information content (AvgIpc) is 2.69. The summed E-state index contributed by atoms with van der Waals surface area (Å²) >= 11 is 1.35. The lowest BCUT2D eigenvalue weighted by Crippen LogP contribution is -2.43. The van der Waals surface area contributed by atoms with Gasteiger partial charge in [-0.15, -0.1) is 0 Å². The summed E-state index contributed by atoms with van der Waals surface area (Å²) in [6, 6.07) is 3.81. The number of rotatable bonds is 6. The molecule has 2 aromatic rings. The Morgan fingerprint density at radius 2 is 2.00 bits per heavy atom. The fourth-order valence-electron chi connectivity index (χ4n) is 4.40. The summed E-state index contributed by atoms with van der Waals surface area (Å²) in [7, 11) is 1.79. The first-order valence-electron chi connectivity index (χ1n) is 10.5. The number of aryl methyl sites for hydroxylation is 1. The van der Waals surface area contributed by atoms with Crippen LogP contribution in [0.4, 0.5) is 11.8 Å². The summed E-state index contributed by atoms with van der Waals surface area (Å²) < 4.78 is 1.64. The Labute approximate surface area is 177 Å². The summed E-state index contributed by atoms with van der Waals surface area (Å²) in [5.41, 5.74) is 7.43. The minimum Gasteiger partial charge on any atom is -0.382 e. The second kappa shape index (κ2) is 8.78. The van der Waals surface area contributed by atoms with Gasteiger partial charge in [-0.25, -0.2) is 0 Å². The molecule has 0 aromatic carbocycles. The lowest BCUT2D eigenvalue weighted by molar-refractivity contribution is 0.164. The van der Waals surface area contributed by atoms with E-state index < -0.39 is 0 Å². The van der Waals surface area contributed by atoms with E-state index in [1.165, 1.54) is 24.6 Å². The second-order valence-corrected chi connectivity index (χ2v) is 9.67. The van der Waals surface area contributed by atoms with Gasteiger partial charge >= 0.3 is 0 Å². The highest BCUT2D eigenvalue weighted by Crippen LogP contribution is 2.41. The van der Waals surface area contributed by atoms with Gasteiger partial charge in [0.2, 0.25) is 5.95 Å². The van der Waals surface area contributed by atoms with Crippen LogP contribution >= 0.6 is 11.8 Å². The highest BCUT2D eigenvalue weighted by molar-refractivity contribution is 7.99. The summed E-state index contributed by atoms with van der Waals surface area (Å²) in [5.74, 6) is 1.67. The molecule has 1 aliphatic heterocycles. The molecule has 2 aromatic heterocycles. The van der Waals surface area contributed by atoms with Crippen molar-refractivity contribution in [3.8, 4) is 0 Å². The Kier molecular flexibility index (Phi) is 6.56. The minimum atomic E-state index is -0.102. The van der Waals surface area contributed by atoms with Gasteiger partial charge in [0, 0.05) is 31.2 Å². The van der Waals surface area contributed by atoms with Gasteiger partial charge in [-0.05, 0) is 49.7 Å². The van der Waals surface area contributed by atoms with Crippen LogP contribution in [0, 0.1) is 18.3 Å². The maximum absolute atomic E-state index is 13.1. The molecule has 1 aliphatic rings. The van der Waals surface area contributed by atoms with Crippen LogP contribution in [0.5, 0.6) is 0 Å². The van der Waals surface area contributed by atoms with Crippen molar-refractivity contribution >= 4 is 23.5 Å². The standard InChI is InChI=1S/C22H33N5OS/c1-6-22(14-15(2)3)9-12-27(13-10-22)21-25-19(23)18(20(28)26(21)5)29-17-8-7-11-24-16(17)4/h7-8,11,15H,6,9-10,12-14,23H2,1-5H3. The SMILES string of the molecule is CCC1(CC(C)C)CCN(c2nc(N)c(Sc3cccnc3C)c(=O)n2C)CC1. The van der Waals surface area contributed by atoms with E-state index in [0.29, 0.717) is 28.0 Å². The molecule has 0 radical (unpaired) electrons. The van der Waals surface area contributed by atoms with Crippen LogP contribution in [0.3, 0.4) is 0 Å². The molecular formula is C22H33N5OS. The predicted octanol–water partition coefficient (Wildman–Crippen LogP) is 4.26. The van der Waals surface area contributed by atoms with Gasteiger partial charge in [0.05, 0.1) is 5.69 Å². The Balaban J connectivity index is 1.84. The molecule has 0 atom stereocenters. The molecule has 29 heavy (non-hydrogen) atoms. The third kappa shape index (κ3) is 4.60. The summed E-state index contributed by atoms with van der Waals surface area (Å²) in [5, 5.41) is 0. The molecule has 1 fully saturated rings. The molecule has 3 heterocycles. The number of aromatic nitrogens is 3. The largest absolute Gasteiger partial charge is 0.382 e. The number of nitrogens with two attached hydrogens (primary N) is 1.